The molecule has 0 radical (unpaired) electrons. The van der Waals surface area contributed by atoms with E-state index in [1.165, 1.54) is 79.2 Å². The average molecular weight is 521 g/mol. The van der Waals surface area contributed by atoms with Crippen LogP contribution in [0.25, 0.3) is 0 Å². The normalized spacial score (nSPS) is 18.7. The molecule has 212 valence electrons. The molecular weight excluding hydrogens is 464 g/mol. The number of hydrogen-bond donors (Lipinski definition) is 0. The Morgan fingerprint density at radius 1 is 0.789 bits per heavy atom. The molecule has 0 amide bonds. The molecule has 2 aromatic rings. The maximum atomic E-state index is 6.82. The van der Waals surface area contributed by atoms with Crippen LogP contribution in [-0.2, 0) is 13.0 Å². The lowest BCUT2D eigenvalue weighted by Gasteiger charge is -2.38. The fraction of sp³-hybridized carbons (Fsp3) is 0.667. The van der Waals surface area contributed by atoms with Crippen LogP contribution in [-0.4, -0.2) is 5.60 Å². The van der Waals surface area contributed by atoms with Gasteiger partial charge in [-0.15, -0.1) is 0 Å². The Balaban J connectivity index is 1.48. The Hall–Kier alpha value is -1.96. The van der Waals surface area contributed by atoms with Gasteiger partial charge in [-0.3, -0.25) is 0 Å². The second-order valence-corrected chi connectivity index (χ2v) is 13.2. The van der Waals surface area contributed by atoms with E-state index in [9.17, 15) is 0 Å². The van der Waals surface area contributed by atoms with E-state index in [1.807, 2.05) is 0 Å². The van der Waals surface area contributed by atoms with Crippen molar-refractivity contribution >= 4 is 0 Å². The summed E-state index contributed by atoms with van der Waals surface area (Å²) < 4.78 is 13.2. The van der Waals surface area contributed by atoms with Gasteiger partial charge in [0.1, 0.15) is 23.7 Å². The lowest BCUT2D eigenvalue weighted by atomic mass is 9.83. The molecule has 0 bridgehead atoms. The van der Waals surface area contributed by atoms with Crippen LogP contribution in [0, 0.1) is 38.5 Å². The zero-order valence-electron chi connectivity index (χ0n) is 25.9. The van der Waals surface area contributed by atoms with Crippen molar-refractivity contribution in [2.45, 2.75) is 138 Å². The number of benzene rings is 2. The Kier molecular flexibility index (Phi) is 11.6. The number of ether oxygens (including phenoxy) is 2. The van der Waals surface area contributed by atoms with Crippen LogP contribution in [0.3, 0.4) is 0 Å². The van der Waals surface area contributed by atoms with Crippen LogP contribution in [0.15, 0.2) is 30.3 Å². The molecule has 0 saturated heterocycles. The summed E-state index contributed by atoms with van der Waals surface area (Å²) in [7, 11) is 0. The highest BCUT2D eigenvalue weighted by Crippen LogP contribution is 2.45. The summed E-state index contributed by atoms with van der Waals surface area (Å²) >= 11 is 0. The smallest absolute Gasteiger partial charge is 0.127 e. The van der Waals surface area contributed by atoms with Crippen molar-refractivity contribution in [3.63, 3.8) is 0 Å². The van der Waals surface area contributed by atoms with E-state index >= 15 is 0 Å². The zero-order chi connectivity index (χ0) is 27.7. The third-order valence-electron chi connectivity index (χ3n) is 9.06. The SMILES string of the molecule is Cc1c(C)c2c(c(C)c1OCc1ccccc1)CC[C@@](C)(CCC[C@H](C)CCC[C@H](C)CCCC(C)C)O2. The first-order chi connectivity index (χ1) is 18.1. The van der Waals surface area contributed by atoms with E-state index in [0.29, 0.717) is 6.61 Å². The van der Waals surface area contributed by atoms with Crippen LogP contribution < -0.4 is 9.47 Å². The molecule has 0 N–H and O–H groups in total. The topological polar surface area (TPSA) is 18.5 Å². The Morgan fingerprint density at radius 3 is 2.03 bits per heavy atom. The van der Waals surface area contributed by atoms with E-state index < -0.39 is 0 Å². The summed E-state index contributed by atoms with van der Waals surface area (Å²) in [5.41, 5.74) is 6.21. The van der Waals surface area contributed by atoms with Gasteiger partial charge < -0.3 is 9.47 Å². The summed E-state index contributed by atoms with van der Waals surface area (Å²) in [6, 6.07) is 10.4. The first-order valence-electron chi connectivity index (χ1n) is 15.6. The summed E-state index contributed by atoms with van der Waals surface area (Å²) in [6.45, 7) is 19.1. The molecular formula is C36H56O2. The molecule has 1 aliphatic rings. The van der Waals surface area contributed by atoms with Crippen LogP contribution in [0.5, 0.6) is 11.5 Å². The predicted octanol–water partition coefficient (Wildman–Crippen LogP) is 10.7. The van der Waals surface area contributed by atoms with Gasteiger partial charge in [0.05, 0.1) is 0 Å². The minimum atomic E-state index is -0.0618. The standard InChI is InChI=1S/C36H56O2/c1-26(2)15-12-16-27(3)17-13-18-28(4)19-14-23-36(8)24-22-33-31(7)34(29(5)30(6)35(33)38-36)37-25-32-20-10-9-11-21-32/h9-11,20-21,26-28H,12-19,22-25H2,1-8H3/t27-,28-,36-/m1/s1. The molecule has 0 aromatic heterocycles. The van der Waals surface area contributed by atoms with Gasteiger partial charge in [0.25, 0.3) is 0 Å². The molecule has 0 unspecified atom stereocenters. The average Bonchev–Trinajstić information content (AvgIpc) is 2.87. The van der Waals surface area contributed by atoms with Crippen molar-refractivity contribution in [2.75, 3.05) is 0 Å². The Morgan fingerprint density at radius 2 is 1.39 bits per heavy atom. The van der Waals surface area contributed by atoms with Gasteiger partial charge in [0.15, 0.2) is 0 Å². The lowest BCUT2D eigenvalue weighted by Crippen LogP contribution is -2.37. The minimum Gasteiger partial charge on any atom is -0.488 e. The van der Waals surface area contributed by atoms with Crippen LogP contribution in [0.4, 0.5) is 0 Å². The third kappa shape index (κ3) is 8.78. The minimum absolute atomic E-state index is 0.0618. The number of fused-ring (bicyclic) bond motifs is 1. The van der Waals surface area contributed by atoms with E-state index in [0.717, 1.165) is 48.5 Å². The molecule has 38 heavy (non-hydrogen) atoms. The molecule has 0 spiro atoms. The molecule has 1 heterocycles. The van der Waals surface area contributed by atoms with Crippen LogP contribution >= 0.6 is 0 Å². The van der Waals surface area contributed by atoms with Crippen molar-refractivity contribution in [1.82, 2.24) is 0 Å². The summed E-state index contributed by atoms with van der Waals surface area (Å²) in [4.78, 5) is 0. The summed E-state index contributed by atoms with van der Waals surface area (Å²) in [6.07, 6.45) is 14.2. The van der Waals surface area contributed by atoms with Crippen molar-refractivity contribution < 1.29 is 9.47 Å². The second kappa shape index (κ2) is 14.4. The Bertz CT molecular complexity index is 992. The maximum absolute atomic E-state index is 6.82. The van der Waals surface area contributed by atoms with Crippen LogP contribution in [0.1, 0.15) is 127 Å². The van der Waals surface area contributed by atoms with Gasteiger partial charge in [0, 0.05) is 5.56 Å². The molecule has 2 aromatic carbocycles. The summed E-state index contributed by atoms with van der Waals surface area (Å²) in [5, 5.41) is 0. The van der Waals surface area contributed by atoms with Crippen LogP contribution in [0.2, 0.25) is 0 Å². The zero-order valence-corrected chi connectivity index (χ0v) is 25.9. The molecule has 3 atom stereocenters. The van der Waals surface area contributed by atoms with Gasteiger partial charge in [-0.2, -0.15) is 0 Å². The highest BCUT2D eigenvalue weighted by atomic mass is 16.5. The number of hydrogen-bond acceptors (Lipinski definition) is 2. The van der Waals surface area contributed by atoms with E-state index in [4.69, 9.17) is 9.47 Å². The largest absolute Gasteiger partial charge is 0.488 e. The lowest BCUT2D eigenvalue weighted by molar-refractivity contribution is 0.0511. The van der Waals surface area contributed by atoms with Gasteiger partial charge in [-0.1, -0.05) is 103 Å². The first-order valence-corrected chi connectivity index (χ1v) is 15.6. The second-order valence-electron chi connectivity index (χ2n) is 13.2. The molecule has 3 rings (SSSR count). The van der Waals surface area contributed by atoms with E-state index in [-0.39, 0.29) is 5.60 Å². The van der Waals surface area contributed by atoms with Gasteiger partial charge in [-0.25, -0.2) is 0 Å². The first kappa shape index (κ1) is 30.6. The molecule has 0 saturated carbocycles. The predicted molar refractivity (Wildman–Crippen MR) is 163 cm³/mol. The fourth-order valence-electron chi connectivity index (χ4n) is 6.21. The molecule has 0 fully saturated rings. The summed E-state index contributed by atoms with van der Waals surface area (Å²) in [5.74, 6) is 4.71. The van der Waals surface area contributed by atoms with Crippen molar-refractivity contribution in [3.8, 4) is 11.5 Å². The van der Waals surface area contributed by atoms with Crippen molar-refractivity contribution in [2.24, 2.45) is 17.8 Å². The molecule has 1 aliphatic heterocycles. The van der Waals surface area contributed by atoms with Gasteiger partial charge in [-0.05, 0) is 93.4 Å². The van der Waals surface area contributed by atoms with Crippen molar-refractivity contribution in [3.05, 3.63) is 58.1 Å². The highest BCUT2D eigenvalue weighted by molar-refractivity contribution is 5.59. The third-order valence-corrected chi connectivity index (χ3v) is 9.06. The van der Waals surface area contributed by atoms with Gasteiger partial charge in [0.2, 0.25) is 0 Å². The van der Waals surface area contributed by atoms with Gasteiger partial charge >= 0.3 is 0 Å². The molecule has 2 heteroatoms. The molecule has 0 aliphatic carbocycles. The monoisotopic (exact) mass is 520 g/mol. The highest BCUT2D eigenvalue weighted by Gasteiger charge is 2.34. The van der Waals surface area contributed by atoms with E-state index in [1.54, 1.807) is 0 Å². The van der Waals surface area contributed by atoms with E-state index in [2.05, 4.69) is 85.7 Å². The maximum Gasteiger partial charge on any atom is 0.127 e. The quantitative estimate of drug-likeness (QED) is 0.232. The fourth-order valence-corrected chi connectivity index (χ4v) is 6.21. The Labute approximate surface area is 234 Å². The molecule has 2 nitrogen and oxygen atoms in total. The van der Waals surface area contributed by atoms with Crippen molar-refractivity contribution in [1.29, 1.82) is 0 Å². The number of rotatable bonds is 15.